The number of hydrogen-bond acceptors (Lipinski definition) is 6. The zero-order valence-corrected chi connectivity index (χ0v) is 16.0. The second-order valence-corrected chi connectivity index (χ2v) is 6.60. The van der Waals surface area contributed by atoms with Crippen LogP contribution in [-0.4, -0.2) is 31.3 Å². The normalized spacial score (nSPS) is 13.6. The second kappa shape index (κ2) is 9.43. The second-order valence-electron chi connectivity index (χ2n) is 6.16. The summed E-state index contributed by atoms with van der Waals surface area (Å²) in [5.74, 6) is 0.182. The first-order valence-electron chi connectivity index (χ1n) is 8.68. The van der Waals surface area contributed by atoms with Crippen LogP contribution in [-0.2, 0) is 32.3 Å². The van der Waals surface area contributed by atoms with Crippen molar-refractivity contribution in [1.82, 2.24) is 5.32 Å². The number of nitrogens with one attached hydrogen (secondary N) is 1. The van der Waals surface area contributed by atoms with E-state index in [0.717, 1.165) is 5.56 Å². The van der Waals surface area contributed by atoms with Gasteiger partial charge in [-0.15, -0.1) is 0 Å². The van der Waals surface area contributed by atoms with Crippen LogP contribution in [0.3, 0.4) is 0 Å². The molecule has 28 heavy (non-hydrogen) atoms. The van der Waals surface area contributed by atoms with E-state index in [-0.39, 0.29) is 20.0 Å². The Hall–Kier alpha value is -2.77. The first kappa shape index (κ1) is 20.0. The lowest BCUT2D eigenvalue weighted by atomic mass is 10.1. The molecule has 0 bridgehead atoms. The molecule has 0 aliphatic carbocycles. The first-order chi connectivity index (χ1) is 13.5. The van der Waals surface area contributed by atoms with Gasteiger partial charge in [0, 0.05) is 16.1 Å². The monoisotopic (exact) mass is 405 g/mol. The maximum absolute atomic E-state index is 12.2. The molecule has 1 heterocycles. The Bertz CT molecular complexity index is 842. The molecule has 2 aromatic carbocycles. The van der Waals surface area contributed by atoms with Crippen LogP contribution in [0.25, 0.3) is 0 Å². The summed E-state index contributed by atoms with van der Waals surface area (Å²) in [5.41, 5.74) is 1.44. The molecule has 0 radical (unpaired) electrons. The van der Waals surface area contributed by atoms with Crippen molar-refractivity contribution in [3.63, 3.8) is 0 Å². The number of fused-ring (bicyclic) bond motifs is 1. The van der Waals surface area contributed by atoms with Crippen LogP contribution in [0, 0.1) is 0 Å². The molecule has 0 unspecified atom stereocenters. The summed E-state index contributed by atoms with van der Waals surface area (Å²) >= 11 is 6.09. The lowest BCUT2D eigenvalue weighted by molar-refractivity contribution is -0.148. The Morgan fingerprint density at radius 3 is 2.82 bits per heavy atom. The quantitative estimate of drug-likeness (QED) is 0.713. The molecule has 1 aliphatic heterocycles. The standard InChI is InChI=1S/C20H20ClNO6/c1-13(22-18(23)11-26-17-5-3-2-4-6-17)20(24)27-10-15-8-16(21)7-14-9-25-12-28-19(14)15/h2-8,13H,9-12H2,1H3,(H,22,23)/t13-/m0/s1. The molecular weight excluding hydrogens is 386 g/mol. The molecular formula is C20H20ClNO6. The Kier molecular flexibility index (Phi) is 6.73. The van der Waals surface area contributed by atoms with Gasteiger partial charge in [0.2, 0.25) is 0 Å². The number of amides is 1. The lowest BCUT2D eigenvalue weighted by Crippen LogP contribution is -2.41. The van der Waals surface area contributed by atoms with E-state index < -0.39 is 17.9 Å². The van der Waals surface area contributed by atoms with Crippen molar-refractivity contribution >= 4 is 23.5 Å². The Labute approximate surface area is 167 Å². The summed E-state index contributed by atoms with van der Waals surface area (Å²) in [6.07, 6.45) is 0. The van der Waals surface area contributed by atoms with Gasteiger partial charge in [-0.3, -0.25) is 4.79 Å². The number of rotatable bonds is 7. The van der Waals surface area contributed by atoms with Crippen molar-refractivity contribution in [3.05, 3.63) is 58.6 Å². The van der Waals surface area contributed by atoms with E-state index in [1.807, 2.05) is 6.07 Å². The molecule has 0 spiro atoms. The van der Waals surface area contributed by atoms with Gasteiger partial charge in [0.1, 0.15) is 24.1 Å². The summed E-state index contributed by atoms with van der Waals surface area (Å²) in [6, 6.07) is 11.5. The van der Waals surface area contributed by atoms with Gasteiger partial charge in [-0.2, -0.15) is 0 Å². The molecule has 8 heteroatoms. The summed E-state index contributed by atoms with van der Waals surface area (Å²) in [5, 5.41) is 3.04. The fraction of sp³-hybridized carbons (Fsp3) is 0.300. The van der Waals surface area contributed by atoms with Gasteiger partial charge < -0.3 is 24.3 Å². The van der Waals surface area contributed by atoms with Gasteiger partial charge in [0.15, 0.2) is 13.4 Å². The summed E-state index contributed by atoms with van der Waals surface area (Å²) < 4.78 is 21.3. The van der Waals surface area contributed by atoms with Crippen molar-refractivity contribution in [2.75, 3.05) is 13.4 Å². The molecule has 0 saturated heterocycles. The van der Waals surface area contributed by atoms with Crippen LogP contribution in [0.15, 0.2) is 42.5 Å². The van der Waals surface area contributed by atoms with Gasteiger partial charge in [-0.1, -0.05) is 29.8 Å². The van der Waals surface area contributed by atoms with Crippen molar-refractivity contribution in [3.8, 4) is 11.5 Å². The zero-order chi connectivity index (χ0) is 19.9. The van der Waals surface area contributed by atoms with E-state index in [1.54, 1.807) is 43.3 Å². The third-order valence-corrected chi connectivity index (χ3v) is 4.18. The Morgan fingerprint density at radius 1 is 1.25 bits per heavy atom. The van der Waals surface area contributed by atoms with Crippen molar-refractivity contribution in [2.45, 2.75) is 26.2 Å². The van der Waals surface area contributed by atoms with Crippen LogP contribution in [0.1, 0.15) is 18.1 Å². The smallest absolute Gasteiger partial charge is 0.328 e. The molecule has 0 aromatic heterocycles. The van der Waals surface area contributed by atoms with Crippen molar-refractivity contribution in [2.24, 2.45) is 0 Å². The number of carbonyl (C=O) groups excluding carboxylic acids is 2. The Balaban J connectivity index is 1.49. The lowest BCUT2D eigenvalue weighted by Gasteiger charge is -2.21. The minimum atomic E-state index is -0.828. The molecule has 0 saturated carbocycles. The van der Waals surface area contributed by atoms with Crippen LogP contribution in [0.2, 0.25) is 5.02 Å². The highest BCUT2D eigenvalue weighted by Gasteiger charge is 2.21. The largest absolute Gasteiger partial charge is 0.484 e. The van der Waals surface area contributed by atoms with E-state index in [1.165, 1.54) is 0 Å². The minimum Gasteiger partial charge on any atom is -0.484 e. The predicted molar refractivity (Wildman–Crippen MR) is 101 cm³/mol. The van der Waals surface area contributed by atoms with Crippen LogP contribution in [0.5, 0.6) is 11.5 Å². The molecule has 2 aromatic rings. The van der Waals surface area contributed by atoms with Gasteiger partial charge in [0.25, 0.3) is 5.91 Å². The van der Waals surface area contributed by atoms with E-state index in [9.17, 15) is 9.59 Å². The number of para-hydroxylation sites is 1. The Morgan fingerprint density at radius 2 is 2.04 bits per heavy atom. The van der Waals surface area contributed by atoms with Gasteiger partial charge >= 0.3 is 5.97 Å². The number of benzene rings is 2. The molecule has 1 N–H and O–H groups in total. The highest BCUT2D eigenvalue weighted by Crippen LogP contribution is 2.32. The number of halogens is 1. The highest BCUT2D eigenvalue weighted by atomic mass is 35.5. The van der Waals surface area contributed by atoms with E-state index in [0.29, 0.717) is 28.7 Å². The minimum absolute atomic E-state index is 0.0253. The predicted octanol–water partition coefficient (Wildman–Crippen LogP) is 2.83. The fourth-order valence-corrected chi connectivity index (χ4v) is 2.91. The maximum Gasteiger partial charge on any atom is 0.328 e. The molecule has 148 valence electrons. The molecule has 1 amide bonds. The maximum atomic E-state index is 12.2. The van der Waals surface area contributed by atoms with Crippen LogP contribution >= 0.6 is 11.6 Å². The van der Waals surface area contributed by atoms with Gasteiger partial charge in [-0.05, 0) is 31.2 Å². The molecule has 3 rings (SSSR count). The van der Waals surface area contributed by atoms with E-state index in [2.05, 4.69) is 5.32 Å². The molecule has 1 atom stereocenters. The topological polar surface area (TPSA) is 83.1 Å². The first-order valence-corrected chi connectivity index (χ1v) is 9.06. The number of carbonyl (C=O) groups is 2. The highest BCUT2D eigenvalue weighted by molar-refractivity contribution is 6.30. The SMILES string of the molecule is C[C@H](NC(=O)COc1ccccc1)C(=O)OCc1cc(Cl)cc2c1OCOC2. The van der Waals surface area contributed by atoms with Crippen LogP contribution < -0.4 is 14.8 Å². The molecule has 7 nitrogen and oxygen atoms in total. The third kappa shape index (κ3) is 5.37. The zero-order valence-electron chi connectivity index (χ0n) is 15.3. The van der Waals surface area contributed by atoms with Crippen molar-refractivity contribution in [1.29, 1.82) is 0 Å². The van der Waals surface area contributed by atoms with Crippen LogP contribution in [0.4, 0.5) is 0 Å². The summed E-state index contributed by atoms with van der Waals surface area (Å²) in [7, 11) is 0. The summed E-state index contributed by atoms with van der Waals surface area (Å²) in [6.45, 7) is 1.83. The van der Waals surface area contributed by atoms with Gasteiger partial charge in [0.05, 0.1) is 6.61 Å². The van der Waals surface area contributed by atoms with E-state index >= 15 is 0 Å². The number of hydrogen-bond donors (Lipinski definition) is 1. The average molecular weight is 406 g/mol. The molecule has 0 fully saturated rings. The third-order valence-electron chi connectivity index (χ3n) is 3.97. The molecule has 1 aliphatic rings. The van der Waals surface area contributed by atoms with E-state index in [4.69, 9.17) is 30.5 Å². The summed E-state index contributed by atoms with van der Waals surface area (Å²) in [4.78, 5) is 24.1. The number of esters is 1. The van der Waals surface area contributed by atoms with Crippen molar-refractivity contribution < 1.29 is 28.5 Å². The number of ether oxygens (including phenoxy) is 4. The average Bonchev–Trinajstić information content (AvgIpc) is 2.70. The fourth-order valence-electron chi connectivity index (χ4n) is 2.65. The van der Waals surface area contributed by atoms with Gasteiger partial charge in [-0.25, -0.2) is 4.79 Å².